The van der Waals surface area contributed by atoms with Crippen molar-refractivity contribution in [2.75, 3.05) is 11.5 Å². The van der Waals surface area contributed by atoms with Crippen LogP contribution in [0.3, 0.4) is 0 Å². The number of hydrogen-bond donors (Lipinski definition) is 1. The van der Waals surface area contributed by atoms with E-state index in [4.69, 9.17) is 0 Å². The van der Waals surface area contributed by atoms with E-state index in [-0.39, 0.29) is 16.1 Å². The molecule has 0 radical (unpaired) electrons. The molecule has 0 aromatic carbocycles. The molecule has 0 aromatic rings. The molecule has 3 unspecified atom stereocenters. The number of ketones is 1. The first-order valence-corrected chi connectivity index (χ1v) is 7.67. The number of aliphatic hydroxyl groups excluding tert-OH is 1. The Balaban J connectivity index is 1.88. The summed E-state index contributed by atoms with van der Waals surface area (Å²) >= 11 is 4.00. The first-order valence-electron chi connectivity index (χ1n) is 5.70. The van der Waals surface area contributed by atoms with Gasteiger partial charge in [-0.2, -0.15) is 0 Å². The van der Waals surface area contributed by atoms with Gasteiger partial charge in [0.2, 0.25) is 0 Å². The quantitative estimate of drug-likeness (QED) is 0.706. The molecule has 1 saturated heterocycles. The zero-order chi connectivity index (χ0) is 10.5. The van der Waals surface area contributed by atoms with E-state index in [1.165, 1.54) is 17.9 Å². The largest absolute Gasteiger partial charge is 0.392 e. The average Bonchev–Trinajstić information content (AvgIpc) is 2.58. The molecule has 2 bridgehead atoms. The Morgan fingerprint density at radius 2 is 2.07 bits per heavy atom. The second-order valence-corrected chi connectivity index (χ2v) is 7.95. The van der Waals surface area contributed by atoms with Crippen molar-refractivity contribution >= 4 is 29.3 Å². The molecule has 1 aliphatic heterocycles. The van der Waals surface area contributed by atoms with Gasteiger partial charge in [0.05, 0.1) is 10.2 Å². The van der Waals surface area contributed by atoms with Gasteiger partial charge in [-0.05, 0) is 36.7 Å². The lowest BCUT2D eigenvalue weighted by molar-refractivity contribution is -0.123. The van der Waals surface area contributed by atoms with Crippen molar-refractivity contribution in [1.82, 2.24) is 0 Å². The average molecular weight is 244 g/mol. The van der Waals surface area contributed by atoms with Crippen molar-refractivity contribution < 1.29 is 9.90 Å². The van der Waals surface area contributed by atoms with E-state index in [1.807, 2.05) is 23.5 Å². The van der Waals surface area contributed by atoms with Crippen LogP contribution >= 0.6 is 23.5 Å². The minimum Gasteiger partial charge on any atom is -0.392 e. The summed E-state index contributed by atoms with van der Waals surface area (Å²) in [5.74, 6) is 3.23. The Kier molecular flexibility index (Phi) is 2.57. The van der Waals surface area contributed by atoms with Gasteiger partial charge >= 0.3 is 0 Å². The molecule has 3 atom stereocenters. The second-order valence-electron chi connectivity index (χ2n) is 4.84. The van der Waals surface area contributed by atoms with Crippen molar-refractivity contribution in [2.45, 2.75) is 35.9 Å². The fourth-order valence-electron chi connectivity index (χ4n) is 3.17. The standard InChI is InChI=1S/C11H16O2S2/c12-9-5-7-4-8(9)10(13)6-11(7)14-2-1-3-15-11/h7-8,10,13H,1-6H2. The third-order valence-corrected chi connectivity index (χ3v) is 7.63. The van der Waals surface area contributed by atoms with E-state index in [0.717, 1.165) is 19.3 Å². The first-order chi connectivity index (χ1) is 7.21. The maximum absolute atomic E-state index is 11.7. The van der Waals surface area contributed by atoms with Crippen LogP contribution < -0.4 is 0 Å². The fourth-order valence-corrected chi connectivity index (χ4v) is 6.86. The number of aliphatic hydroxyl groups is 1. The van der Waals surface area contributed by atoms with Crippen LogP contribution in [0.1, 0.15) is 25.7 Å². The summed E-state index contributed by atoms with van der Waals surface area (Å²) in [4.78, 5) is 11.7. The zero-order valence-corrected chi connectivity index (χ0v) is 10.3. The van der Waals surface area contributed by atoms with Crippen LogP contribution in [0.25, 0.3) is 0 Å². The minimum absolute atomic E-state index is 0.0243. The van der Waals surface area contributed by atoms with E-state index in [1.54, 1.807) is 0 Å². The van der Waals surface area contributed by atoms with Crippen molar-refractivity contribution in [3.63, 3.8) is 0 Å². The second kappa shape index (κ2) is 3.67. The fraction of sp³-hybridized carbons (Fsp3) is 0.909. The third-order valence-electron chi connectivity index (χ3n) is 3.96. The summed E-state index contributed by atoms with van der Waals surface area (Å²) in [6, 6.07) is 0. The number of Topliss-reactive ketones (excluding diaryl/α,β-unsaturated/α-hetero) is 1. The van der Waals surface area contributed by atoms with E-state index >= 15 is 0 Å². The monoisotopic (exact) mass is 244 g/mol. The highest BCUT2D eigenvalue weighted by Gasteiger charge is 2.55. The van der Waals surface area contributed by atoms with Crippen LogP contribution in [0, 0.1) is 11.8 Å². The molecule has 3 aliphatic rings. The van der Waals surface area contributed by atoms with E-state index < -0.39 is 0 Å². The molecule has 1 spiro atoms. The molecule has 3 fully saturated rings. The topological polar surface area (TPSA) is 37.3 Å². The molecule has 2 saturated carbocycles. The van der Waals surface area contributed by atoms with Gasteiger partial charge in [-0.3, -0.25) is 4.79 Å². The van der Waals surface area contributed by atoms with Crippen LogP contribution in [0.5, 0.6) is 0 Å². The van der Waals surface area contributed by atoms with E-state index in [0.29, 0.717) is 11.7 Å². The maximum atomic E-state index is 11.7. The molecule has 4 heteroatoms. The summed E-state index contributed by atoms with van der Waals surface area (Å²) in [6.45, 7) is 0. The molecule has 1 N–H and O–H groups in total. The summed E-state index contributed by atoms with van der Waals surface area (Å²) in [7, 11) is 0. The van der Waals surface area contributed by atoms with Gasteiger partial charge in [0.15, 0.2) is 0 Å². The normalized spacial score (nSPS) is 43.5. The van der Waals surface area contributed by atoms with Gasteiger partial charge in [0.1, 0.15) is 5.78 Å². The number of carbonyl (C=O) groups is 1. The van der Waals surface area contributed by atoms with Crippen LogP contribution in [-0.4, -0.2) is 32.6 Å². The molecule has 1 heterocycles. The van der Waals surface area contributed by atoms with Gasteiger partial charge < -0.3 is 5.11 Å². The summed E-state index contributed by atoms with van der Waals surface area (Å²) < 4.78 is 0.181. The SMILES string of the molecule is O=C1CC2CC1C(O)CC21SCCCS1. The Labute approximate surface area is 98.6 Å². The van der Waals surface area contributed by atoms with Gasteiger partial charge in [-0.15, -0.1) is 23.5 Å². The number of fused-ring (bicyclic) bond motifs is 3. The smallest absolute Gasteiger partial charge is 0.138 e. The Hall–Kier alpha value is 0.330. The highest BCUT2D eigenvalue weighted by molar-refractivity contribution is 8.18. The minimum atomic E-state index is -0.366. The summed E-state index contributed by atoms with van der Waals surface area (Å²) in [5.41, 5.74) is 0. The number of carbonyl (C=O) groups excluding carboxylic acids is 1. The summed E-state index contributed by atoms with van der Waals surface area (Å²) in [5, 5.41) is 10.0. The molecule has 84 valence electrons. The van der Waals surface area contributed by atoms with Gasteiger partial charge in [-0.1, -0.05) is 0 Å². The number of thioether (sulfide) groups is 2. The zero-order valence-electron chi connectivity index (χ0n) is 8.65. The predicted molar refractivity (Wildman–Crippen MR) is 64.1 cm³/mol. The van der Waals surface area contributed by atoms with Crippen molar-refractivity contribution in [3.8, 4) is 0 Å². The number of hydrogen-bond acceptors (Lipinski definition) is 4. The van der Waals surface area contributed by atoms with E-state index in [9.17, 15) is 9.90 Å². The van der Waals surface area contributed by atoms with Crippen LogP contribution in [-0.2, 0) is 4.79 Å². The van der Waals surface area contributed by atoms with Gasteiger partial charge in [0.25, 0.3) is 0 Å². The Morgan fingerprint density at radius 1 is 1.33 bits per heavy atom. The molecular weight excluding hydrogens is 228 g/mol. The molecule has 0 aromatic heterocycles. The lowest BCUT2D eigenvalue weighted by atomic mass is 9.86. The van der Waals surface area contributed by atoms with Gasteiger partial charge in [-0.25, -0.2) is 0 Å². The third kappa shape index (κ3) is 1.56. The van der Waals surface area contributed by atoms with Gasteiger partial charge in [0, 0.05) is 12.3 Å². The highest BCUT2D eigenvalue weighted by atomic mass is 32.2. The lowest BCUT2D eigenvalue weighted by Gasteiger charge is -2.45. The van der Waals surface area contributed by atoms with E-state index in [2.05, 4.69) is 0 Å². The molecule has 3 rings (SSSR count). The Bertz CT molecular complexity index is 286. The highest BCUT2D eigenvalue weighted by Crippen LogP contribution is 2.59. The van der Waals surface area contributed by atoms with Crippen LogP contribution in [0.2, 0.25) is 0 Å². The maximum Gasteiger partial charge on any atom is 0.138 e. The molecule has 15 heavy (non-hydrogen) atoms. The predicted octanol–water partition coefficient (Wildman–Crippen LogP) is 1.91. The van der Waals surface area contributed by atoms with Crippen molar-refractivity contribution in [1.29, 1.82) is 0 Å². The molecular formula is C11H16O2S2. The van der Waals surface area contributed by atoms with Crippen molar-refractivity contribution in [2.24, 2.45) is 11.8 Å². The van der Waals surface area contributed by atoms with Crippen molar-refractivity contribution in [3.05, 3.63) is 0 Å². The summed E-state index contributed by atoms with van der Waals surface area (Å²) in [6.07, 6.45) is 3.41. The lowest BCUT2D eigenvalue weighted by Crippen LogP contribution is -2.42. The molecule has 2 nitrogen and oxygen atoms in total. The Morgan fingerprint density at radius 3 is 2.80 bits per heavy atom. The first kappa shape index (κ1) is 10.5. The molecule has 0 amide bonds. The molecule has 2 aliphatic carbocycles. The van der Waals surface area contributed by atoms with Crippen LogP contribution in [0.4, 0.5) is 0 Å². The number of rotatable bonds is 0. The van der Waals surface area contributed by atoms with Crippen LogP contribution in [0.15, 0.2) is 0 Å².